The summed E-state index contributed by atoms with van der Waals surface area (Å²) in [5, 5.41) is 10.4. The summed E-state index contributed by atoms with van der Waals surface area (Å²) in [6.07, 6.45) is 3.88. The molecule has 1 aromatic carbocycles. The van der Waals surface area contributed by atoms with Gasteiger partial charge in [-0.2, -0.15) is 15.4 Å². The zero-order chi connectivity index (χ0) is 9.10. The number of allylic oxidation sites excluding steroid dienone is 1. The van der Waals surface area contributed by atoms with Gasteiger partial charge < -0.3 is 0 Å². The van der Waals surface area contributed by atoms with Gasteiger partial charge in [0.15, 0.2) is 0 Å². The van der Waals surface area contributed by atoms with Crippen molar-refractivity contribution in [3.8, 4) is 0 Å². The number of carbonyl (C=O) groups is 1. The molecule has 0 bridgehead atoms. The molecule has 0 aliphatic rings. The van der Waals surface area contributed by atoms with E-state index in [4.69, 9.17) is 0 Å². The molecular formula is C9H7N3O. The number of aldehydes is 1. The predicted molar refractivity (Wildman–Crippen MR) is 49.0 cm³/mol. The quantitative estimate of drug-likeness (QED) is 0.547. The van der Waals surface area contributed by atoms with Gasteiger partial charge in [-0.3, -0.25) is 4.79 Å². The number of rotatable bonds is 2. The average molecular weight is 173 g/mol. The van der Waals surface area contributed by atoms with E-state index in [1.807, 2.05) is 18.2 Å². The number of fused-ring (bicyclic) bond motifs is 1. The van der Waals surface area contributed by atoms with Crippen LogP contribution in [0, 0.1) is 0 Å². The Morgan fingerprint density at radius 1 is 1.31 bits per heavy atom. The Hall–Kier alpha value is -1.97. The standard InChI is InChI=1S/C9H7N3O/c13-6-2-4-7-3-1-5-8-9(7)11-12-10-8/h1-6H,(H,10,11,12). The van der Waals surface area contributed by atoms with Gasteiger partial charge in [0.2, 0.25) is 0 Å². The lowest BCUT2D eigenvalue weighted by atomic mass is 10.2. The molecule has 1 heterocycles. The van der Waals surface area contributed by atoms with E-state index in [1.165, 1.54) is 6.08 Å². The fourth-order valence-corrected chi connectivity index (χ4v) is 1.17. The number of nitrogens with zero attached hydrogens (tertiary/aromatic N) is 2. The lowest BCUT2D eigenvalue weighted by Gasteiger charge is -1.91. The highest BCUT2D eigenvalue weighted by atomic mass is 16.1. The van der Waals surface area contributed by atoms with Crippen LogP contribution < -0.4 is 0 Å². The Balaban J connectivity index is 2.60. The fraction of sp³-hybridized carbons (Fsp3) is 0. The first-order valence-electron chi connectivity index (χ1n) is 3.83. The molecule has 0 atom stereocenters. The molecule has 64 valence electrons. The number of para-hydroxylation sites is 1. The zero-order valence-corrected chi connectivity index (χ0v) is 6.77. The van der Waals surface area contributed by atoms with Gasteiger partial charge in [0.1, 0.15) is 17.3 Å². The fourth-order valence-electron chi connectivity index (χ4n) is 1.17. The molecule has 1 aromatic heterocycles. The van der Waals surface area contributed by atoms with Gasteiger partial charge in [-0.05, 0) is 18.2 Å². The average Bonchev–Trinajstić information content (AvgIpc) is 2.62. The maximum Gasteiger partial charge on any atom is 0.142 e. The minimum Gasteiger partial charge on any atom is -0.299 e. The lowest BCUT2D eigenvalue weighted by molar-refractivity contribution is -0.104. The maximum atomic E-state index is 10.1. The summed E-state index contributed by atoms with van der Waals surface area (Å²) in [6.45, 7) is 0. The summed E-state index contributed by atoms with van der Waals surface area (Å²) in [5.74, 6) is 0. The van der Waals surface area contributed by atoms with Crippen LogP contribution in [0.4, 0.5) is 0 Å². The Bertz CT molecular complexity index is 459. The molecule has 2 rings (SSSR count). The molecular weight excluding hydrogens is 166 g/mol. The monoisotopic (exact) mass is 173 g/mol. The van der Waals surface area contributed by atoms with Crippen LogP contribution in [0.15, 0.2) is 24.3 Å². The molecule has 1 N–H and O–H groups in total. The van der Waals surface area contributed by atoms with E-state index in [2.05, 4.69) is 15.4 Å². The first-order chi connectivity index (χ1) is 6.42. The number of aromatic nitrogens is 3. The van der Waals surface area contributed by atoms with Crippen LogP contribution in [-0.2, 0) is 4.79 Å². The number of aromatic amines is 1. The normalized spacial score (nSPS) is 11.1. The number of hydrogen-bond donors (Lipinski definition) is 1. The van der Waals surface area contributed by atoms with Crippen LogP contribution in [0.1, 0.15) is 5.56 Å². The molecule has 4 nitrogen and oxygen atoms in total. The highest BCUT2D eigenvalue weighted by molar-refractivity contribution is 5.86. The Morgan fingerprint density at radius 2 is 2.23 bits per heavy atom. The van der Waals surface area contributed by atoms with Gasteiger partial charge >= 0.3 is 0 Å². The van der Waals surface area contributed by atoms with Crippen LogP contribution in [0.25, 0.3) is 17.1 Å². The molecule has 0 saturated heterocycles. The third-order valence-corrected chi connectivity index (χ3v) is 1.73. The Labute approximate surface area is 74.3 Å². The largest absolute Gasteiger partial charge is 0.299 e. The van der Waals surface area contributed by atoms with E-state index in [0.29, 0.717) is 0 Å². The number of H-pyrrole nitrogens is 1. The van der Waals surface area contributed by atoms with Crippen molar-refractivity contribution in [2.45, 2.75) is 0 Å². The smallest absolute Gasteiger partial charge is 0.142 e. The Morgan fingerprint density at radius 3 is 3.08 bits per heavy atom. The molecule has 0 amide bonds. The SMILES string of the molecule is O=CC=Cc1cccc2n[nH]nc12. The first-order valence-corrected chi connectivity index (χ1v) is 3.83. The highest BCUT2D eigenvalue weighted by Crippen LogP contribution is 2.14. The van der Waals surface area contributed by atoms with E-state index in [9.17, 15) is 4.79 Å². The molecule has 4 heteroatoms. The summed E-state index contributed by atoms with van der Waals surface area (Å²) >= 11 is 0. The minimum absolute atomic E-state index is 0.735. The van der Waals surface area contributed by atoms with Crippen molar-refractivity contribution in [3.63, 3.8) is 0 Å². The number of hydrogen-bond acceptors (Lipinski definition) is 3. The number of nitrogens with one attached hydrogen (secondary N) is 1. The van der Waals surface area contributed by atoms with Crippen molar-refractivity contribution in [1.82, 2.24) is 15.4 Å². The van der Waals surface area contributed by atoms with Crippen molar-refractivity contribution in [3.05, 3.63) is 29.8 Å². The molecule has 0 radical (unpaired) electrons. The van der Waals surface area contributed by atoms with Crippen LogP contribution in [0.2, 0.25) is 0 Å². The van der Waals surface area contributed by atoms with E-state index in [0.717, 1.165) is 22.9 Å². The minimum atomic E-state index is 0.735. The summed E-state index contributed by atoms with van der Waals surface area (Å²) in [6, 6.07) is 5.61. The molecule has 0 unspecified atom stereocenters. The number of benzene rings is 1. The van der Waals surface area contributed by atoms with Crippen molar-refractivity contribution in [1.29, 1.82) is 0 Å². The summed E-state index contributed by atoms with van der Waals surface area (Å²) < 4.78 is 0. The van der Waals surface area contributed by atoms with Gasteiger partial charge in [-0.25, -0.2) is 0 Å². The highest BCUT2D eigenvalue weighted by Gasteiger charge is 1.99. The van der Waals surface area contributed by atoms with Gasteiger partial charge in [-0.15, -0.1) is 0 Å². The summed E-state index contributed by atoms with van der Waals surface area (Å²) in [4.78, 5) is 10.1. The second-order valence-electron chi connectivity index (χ2n) is 2.53. The van der Waals surface area contributed by atoms with Crippen molar-refractivity contribution < 1.29 is 4.79 Å². The second-order valence-corrected chi connectivity index (χ2v) is 2.53. The van der Waals surface area contributed by atoms with Gasteiger partial charge in [0.25, 0.3) is 0 Å². The molecule has 0 fully saturated rings. The third kappa shape index (κ3) is 1.33. The molecule has 13 heavy (non-hydrogen) atoms. The van der Waals surface area contributed by atoms with Crippen molar-refractivity contribution in [2.24, 2.45) is 0 Å². The number of carbonyl (C=O) groups excluding carboxylic acids is 1. The van der Waals surface area contributed by atoms with Crippen LogP contribution in [0.3, 0.4) is 0 Å². The third-order valence-electron chi connectivity index (χ3n) is 1.73. The molecule has 0 aliphatic carbocycles. The maximum absolute atomic E-state index is 10.1. The van der Waals surface area contributed by atoms with Crippen molar-refractivity contribution in [2.75, 3.05) is 0 Å². The predicted octanol–water partition coefficient (Wildman–Crippen LogP) is 1.17. The zero-order valence-electron chi connectivity index (χ0n) is 6.77. The van der Waals surface area contributed by atoms with E-state index in [1.54, 1.807) is 6.08 Å². The first kappa shape index (κ1) is 7.67. The van der Waals surface area contributed by atoms with Gasteiger partial charge in [0, 0.05) is 5.56 Å². The molecule has 2 aromatic rings. The molecule has 0 aliphatic heterocycles. The van der Waals surface area contributed by atoms with Gasteiger partial charge in [-0.1, -0.05) is 12.1 Å². The Kier molecular flexibility index (Phi) is 1.88. The topological polar surface area (TPSA) is 58.6 Å². The van der Waals surface area contributed by atoms with Crippen LogP contribution >= 0.6 is 0 Å². The van der Waals surface area contributed by atoms with Crippen molar-refractivity contribution >= 4 is 23.4 Å². The lowest BCUT2D eigenvalue weighted by Crippen LogP contribution is -1.76. The summed E-state index contributed by atoms with van der Waals surface area (Å²) in [5.41, 5.74) is 2.46. The second kappa shape index (κ2) is 3.18. The molecule has 0 spiro atoms. The van der Waals surface area contributed by atoms with E-state index >= 15 is 0 Å². The van der Waals surface area contributed by atoms with E-state index < -0.39 is 0 Å². The van der Waals surface area contributed by atoms with Crippen LogP contribution in [0.5, 0.6) is 0 Å². The molecule has 0 saturated carbocycles. The van der Waals surface area contributed by atoms with Gasteiger partial charge in [0.05, 0.1) is 0 Å². The van der Waals surface area contributed by atoms with Crippen LogP contribution in [-0.4, -0.2) is 21.7 Å². The van der Waals surface area contributed by atoms with E-state index in [-0.39, 0.29) is 0 Å². The summed E-state index contributed by atoms with van der Waals surface area (Å²) in [7, 11) is 0.